The molecule has 0 aromatic carbocycles. The highest BCUT2D eigenvalue weighted by atomic mass is 32.2. The van der Waals surface area contributed by atoms with Crippen LogP contribution in [-0.4, -0.2) is 36.9 Å². The van der Waals surface area contributed by atoms with Crippen LogP contribution in [-0.2, 0) is 4.74 Å². The van der Waals surface area contributed by atoms with Gasteiger partial charge in [0.05, 0.1) is 12.7 Å². The van der Waals surface area contributed by atoms with Gasteiger partial charge in [-0.25, -0.2) is 0 Å². The molecule has 0 spiro atoms. The molecule has 0 saturated carbocycles. The summed E-state index contributed by atoms with van der Waals surface area (Å²) in [5.74, 6) is 0.697. The monoisotopic (exact) mass is 162 g/mol. The molecule has 10 heavy (non-hydrogen) atoms. The molecule has 0 aliphatic rings. The normalized spacial score (nSPS) is 13.1. The summed E-state index contributed by atoms with van der Waals surface area (Å²) >= 11 is 1.60. The first-order valence-corrected chi connectivity index (χ1v) is 4.45. The number of aliphatic hydroxyl groups excluding tert-OH is 1. The molecule has 0 saturated heterocycles. The van der Waals surface area contributed by atoms with E-state index < -0.39 is 6.10 Å². The molecule has 0 rings (SSSR count). The smallest absolute Gasteiger partial charge is 0.0859 e. The van der Waals surface area contributed by atoms with E-state index in [2.05, 4.69) is 6.58 Å². The minimum atomic E-state index is -0.421. The highest BCUT2D eigenvalue weighted by Crippen LogP contribution is 2.05. The summed E-state index contributed by atoms with van der Waals surface area (Å²) in [5, 5.41) is 9.25. The van der Waals surface area contributed by atoms with Crippen molar-refractivity contribution in [3.8, 4) is 0 Å². The largest absolute Gasteiger partial charge is 0.388 e. The van der Waals surface area contributed by atoms with E-state index in [-0.39, 0.29) is 0 Å². The zero-order valence-corrected chi connectivity index (χ0v) is 7.28. The molecule has 0 bridgehead atoms. The number of rotatable bonds is 5. The standard InChI is InChI=1S/C7H14O2S/c1-6(4-9-2)7(8)5-10-3/h7-8H,1,4-5H2,2-3H3. The minimum absolute atomic E-state index is 0.421. The number of ether oxygens (including phenoxy) is 1. The second kappa shape index (κ2) is 5.77. The summed E-state index contributed by atoms with van der Waals surface area (Å²) in [6.45, 7) is 4.12. The van der Waals surface area contributed by atoms with Gasteiger partial charge >= 0.3 is 0 Å². The van der Waals surface area contributed by atoms with Crippen molar-refractivity contribution in [2.24, 2.45) is 0 Å². The Kier molecular flexibility index (Phi) is 5.78. The summed E-state index contributed by atoms with van der Waals surface area (Å²) in [6, 6.07) is 0. The van der Waals surface area contributed by atoms with Crippen LogP contribution in [0.25, 0.3) is 0 Å². The summed E-state index contributed by atoms with van der Waals surface area (Å²) in [5.41, 5.74) is 0.747. The van der Waals surface area contributed by atoms with E-state index in [1.165, 1.54) is 0 Å². The predicted octanol–water partition coefficient (Wildman–Crippen LogP) is 0.913. The fourth-order valence-electron chi connectivity index (χ4n) is 0.557. The van der Waals surface area contributed by atoms with Crippen molar-refractivity contribution in [1.82, 2.24) is 0 Å². The van der Waals surface area contributed by atoms with Crippen LogP contribution in [0, 0.1) is 0 Å². The van der Waals surface area contributed by atoms with E-state index in [0.29, 0.717) is 12.4 Å². The van der Waals surface area contributed by atoms with E-state index in [1.807, 2.05) is 6.26 Å². The molecule has 2 nitrogen and oxygen atoms in total. The van der Waals surface area contributed by atoms with Crippen LogP contribution in [0.5, 0.6) is 0 Å². The molecule has 0 aliphatic heterocycles. The second-order valence-corrected chi connectivity index (χ2v) is 2.97. The van der Waals surface area contributed by atoms with Crippen LogP contribution >= 0.6 is 11.8 Å². The van der Waals surface area contributed by atoms with Crippen LogP contribution in [0.1, 0.15) is 0 Å². The number of hydrogen-bond donors (Lipinski definition) is 1. The van der Waals surface area contributed by atoms with E-state index in [1.54, 1.807) is 18.9 Å². The van der Waals surface area contributed by atoms with Crippen LogP contribution in [0.2, 0.25) is 0 Å². The van der Waals surface area contributed by atoms with Gasteiger partial charge in [0.15, 0.2) is 0 Å². The molecule has 1 atom stereocenters. The van der Waals surface area contributed by atoms with Crippen molar-refractivity contribution in [1.29, 1.82) is 0 Å². The van der Waals surface area contributed by atoms with Gasteiger partial charge in [-0.05, 0) is 11.8 Å². The third-order valence-electron chi connectivity index (χ3n) is 1.13. The molecule has 0 aromatic rings. The third kappa shape index (κ3) is 3.93. The van der Waals surface area contributed by atoms with E-state index in [0.717, 1.165) is 5.57 Å². The number of thioether (sulfide) groups is 1. The predicted molar refractivity (Wildman–Crippen MR) is 45.4 cm³/mol. The average Bonchev–Trinajstić information content (AvgIpc) is 1.89. The van der Waals surface area contributed by atoms with Gasteiger partial charge in [0.25, 0.3) is 0 Å². The van der Waals surface area contributed by atoms with Crippen LogP contribution in [0.4, 0.5) is 0 Å². The zero-order valence-electron chi connectivity index (χ0n) is 6.46. The third-order valence-corrected chi connectivity index (χ3v) is 1.77. The van der Waals surface area contributed by atoms with Crippen LogP contribution in [0.15, 0.2) is 12.2 Å². The van der Waals surface area contributed by atoms with Crippen molar-refractivity contribution in [2.75, 3.05) is 25.7 Å². The molecule has 0 amide bonds. The topological polar surface area (TPSA) is 29.5 Å². The number of methoxy groups -OCH3 is 1. The van der Waals surface area contributed by atoms with Gasteiger partial charge in [-0.3, -0.25) is 0 Å². The van der Waals surface area contributed by atoms with Gasteiger partial charge < -0.3 is 9.84 Å². The molecule has 1 unspecified atom stereocenters. The molecule has 3 heteroatoms. The Balaban J connectivity index is 3.49. The number of hydrogen-bond acceptors (Lipinski definition) is 3. The first-order valence-electron chi connectivity index (χ1n) is 3.06. The minimum Gasteiger partial charge on any atom is -0.388 e. The lowest BCUT2D eigenvalue weighted by Gasteiger charge is -2.10. The maximum Gasteiger partial charge on any atom is 0.0859 e. The van der Waals surface area contributed by atoms with Crippen molar-refractivity contribution < 1.29 is 9.84 Å². The van der Waals surface area contributed by atoms with Gasteiger partial charge in [0.1, 0.15) is 0 Å². The Morgan fingerprint density at radius 3 is 2.80 bits per heavy atom. The van der Waals surface area contributed by atoms with Crippen LogP contribution < -0.4 is 0 Å². The summed E-state index contributed by atoms with van der Waals surface area (Å²) in [7, 11) is 1.59. The molecule has 60 valence electrons. The fourth-order valence-corrected chi connectivity index (χ4v) is 1.11. The summed E-state index contributed by atoms with van der Waals surface area (Å²) in [4.78, 5) is 0. The van der Waals surface area contributed by atoms with Gasteiger partial charge in [-0.2, -0.15) is 11.8 Å². The van der Waals surface area contributed by atoms with Gasteiger partial charge in [-0.1, -0.05) is 6.58 Å². The maximum atomic E-state index is 9.25. The van der Waals surface area contributed by atoms with E-state index >= 15 is 0 Å². The molecule has 0 fully saturated rings. The van der Waals surface area contributed by atoms with Gasteiger partial charge in [0, 0.05) is 12.9 Å². The zero-order chi connectivity index (χ0) is 7.98. The molecule has 0 aromatic heterocycles. The highest BCUT2D eigenvalue weighted by Gasteiger charge is 2.05. The van der Waals surface area contributed by atoms with Crippen molar-refractivity contribution in [3.63, 3.8) is 0 Å². The summed E-state index contributed by atoms with van der Waals surface area (Å²) < 4.78 is 4.80. The van der Waals surface area contributed by atoms with E-state index in [9.17, 15) is 5.11 Å². The lowest BCUT2D eigenvalue weighted by Crippen LogP contribution is -2.15. The second-order valence-electron chi connectivity index (χ2n) is 2.06. The molecule has 0 radical (unpaired) electrons. The Labute approximate surface area is 66.3 Å². The SMILES string of the molecule is C=C(COC)C(O)CSC. The lowest BCUT2D eigenvalue weighted by atomic mass is 10.2. The van der Waals surface area contributed by atoms with Crippen molar-refractivity contribution in [3.05, 3.63) is 12.2 Å². The molecular formula is C7H14O2S. The molecule has 1 N–H and O–H groups in total. The Hall–Kier alpha value is 0.0100. The van der Waals surface area contributed by atoms with Crippen molar-refractivity contribution >= 4 is 11.8 Å². The summed E-state index contributed by atoms with van der Waals surface area (Å²) in [6.07, 6.45) is 1.53. The first-order chi connectivity index (χ1) is 4.72. The average molecular weight is 162 g/mol. The molecular weight excluding hydrogens is 148 g/mol. The van der Waals surface area contributed by atoms with Gasteiger partial charge in [-0.15, -0.1) is 0 Å². The molecule has 0 heterocycles. The Morgan fingerprint density at radius 1 is 1.80 bits per heavy atom. The van der Waals surface area contributed by atoms with Gasteiger partial charge in [0.2, 0.25) is 0 Å². The fraction of sp³-hybridized carbons (Fsp3) is 0.714. The van der Waals surface area contributed by atoms with Crippen LogP contribution in [0.3, 0.4) is 0 Å². The first kappa shape index (κ1) is 10.0. The molecule has 0 aliphatic carbocycles. The maximum absolute atomic E-state index is 9.25. The highest BCUT2D eigenvalue weighted by molar-refractivity contribution is 7.98. The Morgan fingerprint density at radius 2 is 2.40 bits per heavy atom. The lowest BCUT2D eigenvalue weighted by molar-refractivity contribution is 0.177. The van der Waals surface area contributed by atoms with Crippen molar-refractivity contribution in [2.45, 2.75) is 6.10 Å². The van der Waals surface area contributed by atoms with E-state index in [4.69, 9.17) is 4.74 Å². The Bertz CT molecular complexity index is 104. The quantitative estimate of drug-likeness (QED) is 0.609. The number of aliphatic hydroxyl groups is 1.